The van der Waals surface area contributed by atoms with E-state index in [9.17, 15) is 22.4 Å². The zero-order valence-electron chi connectivity index (χ0n) is 16.5. The minimum absolute atomic E-state index is 0.0355. The van der Waals surface area contributed by atoms with Crippen LogP contribution in [-0.2, 0) is 6.18 Å². The molecule has 0 amide bonds. The van der Waals surface area contributed by atoms with Crippen LogP contribution in [0.25, 0.3) is 0 Å². The summed E-state index contributed by atoms with van der Waals surface area (Å²) in [6.45, 7) is 6.46. The van der Waals surface area contributed by atoms with Gasteiger partial charge in [0.15, 0.2) is 0 Å². The van der Waals surface area contributed by atoms with E-state index < -0.39 is 41.5 Å². The zero-order chi connectivity index (χ0) is 22.4. The largest absolute Gasteiger partial charge is 0.416 e. The molecular formula is C19H24F4N4O2. The maximum absolute atomic E-state index is 14.3. The van der Waals surface area contributed by atoms with E-state index in [0.717, 1.165) is 12.1 Å². The molecule has 0 radical (unpaired) electrons. The minimum atomic E-state index is -4.66. The van der Waals surface area contributed by atoms with Crippen LogP contribution in [0.5, 0.6) is 0 Å². The smallest absolute Gasteiger partial charge is 0.390 e. The van der Waals surface area contributed by atoms with Crippen molar-refractivity contribution >= 4 is 11.5 Å². The van der Waals surface area contributed by atoms with Crippen molar-refractivity contribution in [2.75, 3.05) is 11.9 Å². The molecule has 0 spiro atoms. The van der Waals surface area contributed by atoms with Gasteiger partial charge in [0.25, 0.3) is 5.56 Å². The number of aliphatic hydroxyl groups excluding tert-OH is 1. The fraction of sp³-hybridized carbons (Fsp3) is 0.421. The van der Waals surface area contributed by atoms with E-state index in [1.165, 1.54) is 6.92 Å². The Morgan fingerprint density at radius 2 is 1.97 bits per heavy atom. The summed E-state index contributed by atoms with van der Waals surface area (Å²) in [6, 6.07) is 1.41. The molecule has 0 bridgehead atoms. The topological polar surface area (TPSA) is 102 Å². The number of hydrogen-bond acceptors (Lipinski definition) is 5. The summed E-state index contributed by atoms with van der Waals surface area (Å²) in [5.41, 5.74) is -2.41. The van der Waals surface area contributed by atoms with Crippen LogP contribution in [0.1, 0.15) is 55.7 Å². The molecule has 0 aliphatic carbocycles. The molecule has 0 aliphatic heterocycles. The molecule has 0 saturated carbocycles. The number of halogens is 4. The lowest BCUT2D eigenvalue weighted by Gasteiger charge is -2.21. The van der Waals surface area contributed by atoms with E-state index in [1.807, 2.05) is 13.8 Å². The van der Waals surface area contributed by atoms with E-state index in [1.54, 1.807) is 6.92 Å². The number of aryl methyl sites for hydroxylation is 1. The third kappa shape index (κ3) is 5.86. The third-order valence-corrected chi connectivity index (χ3v) is 3.92. The Morgan fingerprint density at radius 1 is 1.34 bits per heavy atom. The molecule has 0 saturated heterocycles. The summed E-state index contributed by atoms with van der Waals surface area (Å²) in [7, 11) is 0. The van der Waals surface area contributed by atoms with Crippen LogP contribution in [0.3, 0.4) is 0 Å². The first-order chi connectivity index (χ1) is 13.6. The highest BCUT2D eigenvalue weighted by Crippen LogP contribution is 2.32. The van der Waals surface area contributed by atoms with E-state index in [0.29, 0.717) is 6.07 Å². The van der Waals surface area contributed by atoms with Crippen molar-refractivity contribution in [3.63, 3.8) is 0 Å². The number of rotatable bonds is 6. The first-order valence-electron chi connectivity index (χ1n) is 9.01. The molecule has 10 heteroatoms. The number of aliphatic hydroxyl groups is 1. The summed E-state index contributed by atoms with van der Waals surface area (Å²) in [5.74, 6) is -0.884. The molecular weight excluding hydrogens is 392 g/mol. The van der Waals surface area contributed by atoms with Crippen molar-refractivity contribution in [2.45, 2.75) is 46.3 Å². The highest BCUT2D eigenvalue weighted by molar-refractivity contribution is 6.02. The monoisotopic (exact) mass is 416 g/mol. The quantitative estimate of drug-likeness (QED) is 0.419. The SMILES string of the molecule is CC.CCC(Nc1nc(C)[nH]c(=O)c1C(=N)CO)c1ccc(C(F)(F)F)cc1F. The molecule has 4 N–H and O–H groups in total. The van der Waals surface area contributed by atoms with Gasteiger partial charge in [-0.25, -0.2) is 9.37 Å². The molecule has 0 aliphatic rings. The van der Waals surface area contributed by atoms with Gasteiger partial charge in [0.05, 0.1) is 23.9 Å². The Kier molecular flexibility index (Phi) is 8.50. The summed E-state index contributed by atoms with van der Waals surface area (Å²) >= 11 is 0. The number of H-pyrrole nitrogens is 1. The van der Waals surface area contributed by atoms with Crippen molar-refractivity contribution in [3.8, 4) is 0 Å². The molecule has 1 unspecified atom stereocenters. The van der Waals surface area contributed by atoms with Gasteiger partial charge in [0, 0.05) is 5.56 Å². The Labute approximate surface area is 165 Å². The van der Waals surface area contributed by atoms with Crippen molar-refractivity contribution in [1.29, 1.82) is 5.41 Å². The second kappa shape index (κ2) is 10.1. The molecule has 1 aromatic carbocycles. The molecule has 160 valence electrons. The number of benzene rings is 1. The number of aromatic amines is 1. The van der Waals surface area contributed by atoms with Gasteiger partial charge in [-0.3, -0.25) is 4.79 Å². The van der Waals surface area contributed by atoms with Gasteiger partial charge in [-0.05, 0) is 25.5 Å². The minimum Gasteiger partial charge on any atom is -0.390 e. The van der Waals surface area contributed by atoms with Crippen LogP contribution in [0.4, 0.5) is 23.4 Å². The van der Waals surface area contributed by atoms with Gasteiger partial charge in [-0.15, -0.1) is 0 Å². The molecule has 1 aromatic heterocycles. The normalized spacial score (nSPS) is 12.0. The van der Waals surface area contributed by atoms with Gasteiger partial charge in [-0.2, -0.15) is 13.2 Å². The van der Waals surface area contributed by atoms with Crippen LogP contribution in [0.2, 0.25) is 0 Å². The van der Waals surface area contributed by atoms with E-state index in [-0.39, 0.29) is 29.2 Å². The number of alkyl halides is 3. The third-order valence-electron chi connectivity index (χ3n) is 3.92. The standard InChI is InChI=1S/C17H18F4N4O2.C2H6/c1-3-13(10-5-4-9(6-11(10)18)17(19,20)21)25-15-14(12(22)7-26)16(27)24-8(2)23-15;1-2/h4-6,13,22,26H,3,7H2,1-2H3,(H2,23,24,25,27);1-2H3. The molecule has 0 fully saturated rings. The van der Waals surface area contributed by atoms with Crippen LogP contribution in [0.15, 0.2) is 23.0 Å². The molecule has 1 heterocycles. The van der Waals surface area contributed by atoms with Gasteiger partial charge < -0.3 is 20.8 Å². The average Bonchev–Trinajstić information content (AvgIpc) is 2.66. The fourth-order valence-corrected chi connectivity index (χ4v) is 2.60. The fourth-order valence-electron chi connectivity index (χ4n) is 2.60. The van der Waals surface area contributed by atoms with Crippen molar-refractivity contribution < 1.29 is 22.7 Å². The van der Waals surface area contributed by atoms with E-state index >= 15 is 0 Å². The summed E-state index contributed by atoms with van der Waals surface area (Å²) in [4.78, 5) is 18.6. The number of anilines is 1. The Balaban J connectivity index is 0.00000204. The summed E-state index contributed by atoms with van der Waals surface area (Å²) in [5, 5.41) is 19.7. The zero-order valence-corrected chi connectivity index (χ0v) is 16.5. The Morgan fingerprint density at radius 3 is 2.45 bits per heavy atom. The lowest BCUT2D eigenvalue weighted by atomic mass is 10.0. The van der Waals surface area contributed by atoms with E-state index in [2.05, 4.69) is 15.3 Å². The number of hydrogen-bond donors (Lipinski definition) is 4. The van der Waals surface area contributed by atoms with E-state index in [4.69, 9.17) is 10.5 Å². The number of nitrogens with one attached hydrogen (secondary N) is 3. The van der Waals surface area contributed by atoms with Crippen LogP contribution in [-0.4, -0.2) is 27.4 Å². The Bertz CT molecular complexity index is 910. The number of aromatic nitrogens is 2. The molecule has 2 aromatic rings. The summed E-state index contributed by atoms with van der Waals surface area (Å²) < 4.78 is 52.5. The lowest BCUT2D eigenvalue weighted by molar-refractivity contribution is -0.137. The maximum atomic E-state index is 14.3. The first kappa shape index (κ1) is 24.3. The second-order valence-corrected chi connectivity index (χ2v) is 5.85. The maximum Gasteiger partial charge on any atom is 0.416 e. The first-order valence-corrected chi connectivity index (χ1v) is 9.01. The highest BCUT2D eigenvalue weighted by Gasteiger charge is 2.32. The second-order valence-electron chi connectivity index (χ2n) is 5.85. The van der Waals surface area contributed by atoms with Crippen molar-refractivity contribution in [1.82, 2.24) is 9.97 Å². The van der Waals surface area contributed by atoms with Crippen LogP contribution >= 0.6 is 0 Å². The molecule has 6 nitrogen and oxygen atoms in total. The predicted octanol–water partition coefficient (Wildman–Crippen LogP) is 4.19. The van der Waals surface area contributed by atoms with Crippen LogP contribution < -0.4 is 10.9 Å². The average molecular weight is 416 g/mol. The van der Waals surface area contributed by atoms with Gasteiger partial charge >= 0.3 is 6.18 Å². The van der Waals surface area contributed by atoms with Gasteiger partial charge in [-0.1, -0.05) is 26.8 Å². The molecule has 2 rings (SSSR count). The molecule has 1 atom stereocenters. The van der Waals surface area contributed by atoms with Crippen LogP contribution in [0, 0.1) is 18.2 Å². The van der Waals surface area contributed by atoms with Crippen molar-refractivity contribution in [2.24, 2.45) is 0 Å². The lowest BCUT2D eigenvalue weighted by Crippen LogP contribution is -2.26. The van der Waals surface area contributed by atoms with Crippen molar-refractivity contribution in [3.05, 3.63) is 56.9 Å². The van der Waals surface area contributed by atoms with Gasteiger partial charge in [0.2, 0.25) is 0 Å². The Hall–Kier alpha value is -2.75. The van der Waals surface area contributed by atoms with Gasteiger partial charge in [0.1, 0.15) is 23.0 Å². The number of nitrogens with zero attached hydrogens (tertiary/aromatic N) is 1. The molecule has 29 heavy (non-hydrogen) atoms. The summed E-state index contributed by atoms with van der Waals surface area (Å²) in [6.07, 6.45) is -4.40. The highest BCUT2D eigenvalue weighted by atomic mass is 19.4. The predicted molar refractivity (Wildman–Crippen MR) is 103 cm³/mol.